The highest BCUT2D eigenvalue weighted by molar-refractivity contribution is 6.29. The molecule has 2 nitrogen and oxygen atoms in total. The summed E-state index contributed by atoms with van der Waals surface area (Å²) in [5, 5.41) is 4.96. The van der Waals surface area contributed by atoms with Crippen LogP contribution in [0.3, 0.4) is 0 Å². The van der Waals surface area contributed by atoms with Gasteiger partial charge in [0.25, 0.3) is 0 Å². The average molecular weight is 394 g/mol. The summed E-state index contributed by atoms with van der Waals surface area (Å²) in [4.78, 5) is 5.35. The van der Waals surface area contributed by atoms with Crippen LogP contribution in [0.1, 0.15) is 0 Å². The Hall–Kier alpha value is -4.17. The maximum atomic E-state index is 5.35. The first kappa shape index (κ1) is 16.6. The molecule has 0 radical (unpaired) electrons. The van der Waals surface area contributed by atoms with Crippen LogP contribution in [-0.4, -0.2) is 9.38 Å². The van der Waals surface area contributed by atoms with Gasteiger partial charge in [0.05, 0.1) is 27.9 Å². The lowest BCUT2D eigenvalue weighted by molar-refractivity contribution is 1.35. The number of pyridine rings is 1. The van der Waals surface area contributed by atoms with Crippen molar-refractivity contribution in [3.8, 4) is 22.5 Å². The van der Waals surface area contributed by atoms with Gasteiger partial charge in [0.1, 0.15) is 0 Å². The number of para-hydroxylation sites is 2. The monoisotopic (exact) mass is 394 g/mol. The van der Waals surface area contributed by atoms with Gasteiger partial charge in [-0.2, -0.15) is 0 Å². The standard InChI is InChI=1S/C29H18N2/c1-3-11-19(12-4-1)27-25-21-15-7-9-17-23(21)31-24-18-10-8-16-22(24)26(29(25)31)28(30-27)20-13-5-2-6-14-20/h1-18H. The lowest BCUT2D eigenvalue weighted by Crippen LogP contribution is -1.91. The van der Waals surface area contributed by atoms with E-state index in [-0.39, 0.29) is 0 Å². The molecule has 0 amide bonds. The number of benzene rings is 4. The Morgan fingerprint density at radius 1 is 0.452 bits per heavy atom. The van der Waals surface area contributed by atoms with Crippen LogP contribution in [0.5, 0.6) is 0 Å². The van der Waals surface area contributed by atoms with Gasteiger partial charge < -0.3 is 4.40 Å². The maximum absolute atomic E-state index is 5.35. The quantitative estimate of drug-likeness (QED) is 0.296. The number of nitrogens with zero attached hydrogens (tertiary/aromatic N) is 2. The zero-order chi connectivity index (χ0) is 20.4. The number of hydrogen-bond donors (Lipinski definition) is 0. The summed E-state index contributed by atoms with van der Waals surface area (Å²) in [6, 6.07) is 38.5. The second kappa shape index (κ2) is 6.16. The summed E-state index contributed by atoms with van der Waals surface area (Å²) in [6.45, 7) is 0. The second-order valence-corrected chi connectivity index (χ2v) is 8.01. The fourth-order valence-electron chi connectivity index (χ4n) is 5.05. The average Bonchev–Trinajstić information content (AvgIpc) is 3.37. The van der Waals surface area contributed by atoms with Crippen molar-refractivity contribution < 1.29 is 0 Å². The molecule has 0 fully saturated rings. The molecule has 0 saturated heterocycles. The van der Waals surface area contributed by atoms with E-state index in [2.05, 4.69) is 114 Å². The van der Waals surface area contributed by atoms with Crippen molar-refractivity contribution in [2.24, 2.45) is 0 Å². The minimum atomic E-state index is 1.04. The summed E-state index contributed by atoms with van der Waals surface area (Å²) in [6.07, 6.45) is 0. The maximum Gasteiger partial charge on any atom is 0.0810 e. The molecule has 3 aromatic heterocycles. The van der Waals surface area contributed by atoms with Gasteiger partial charge in [-0.05, 0) is 12.1 Å². The van der Waals surface area contributed by atoms with Crippen molar-refractivity contribution in [1.29, 1.82) is 0 Å². The van der Waals surface area contributed by atoms with Crippen LogP contribution in [0.2, 0.25) is 0 Å². The van der Waals surface area contributed by atoms with Crippen molar-refractivity contribution >= 4 is 38.1 Å². The molecule has 0 saturated carbocycles. The molecule has 0 aliphatic heterocycles. The molecular formula is C29H18N2. The first-order valence-corrected chi connectivity index (χ1v) is 10.6. The van der Waals surface area contributed by atoms with E-state index in [1.54, 1.807) is 0 Å². The third kappa shape index (κ3) is 2.19. The molecule has 0 N–H and O–H groups in total. The SMILES string of the molecule is c1ccc(-c2nc(-c3ccccc3)c3c4ccccc4n4c5ccccc5c2c34)cc1. The van der Waals surface area contributed by atoms with Gasteiger partial charge in [-0.25, -0.2) is 4.98 Å². The first-order valence-electron chi connectivity index (χ1n) is 10.6. The second-order valence-electron chi connectivity index (χ2n) is 8.01. The Labute approximate surface area is 179 Å². The molecule has 7 aromatic rings. The van der Waals surface area contributed by atoms with Crippen LogP contribution in [0.15, 0.2) is 109 Å². The van der Waals surface area contributed by atoms with E-state index < -0.39 is 0 Å². The smallest absolute Gasteiger partial charge is 0.0810 e. The number of aromatic nitrogens is 2. The minimum Gasteiger partial charge on any atom is -0.308 e. The first-order chi connectivity index (χ1) is 15.4. The molecule has 0 bridgehead atoms. The van der Waals surface area contributed by atoms with Crippen molar-refractivity contribution in [2.75, 3.05) is 0 Å². The highest BCUT2D eigenvalue weighted by atomic mass is 14.9. The summed E-state index contributed by atoms with van der Waals surface area (Å²) in [5.74, 6) is 0. The fraction of sp³-hybridized carbons (Fsp3) is 0. The van der Waals surface area contributed by atoms with Crippen molar-refractivity contribution in [2.45, 2.75) is 0 Å². The van der Waals surface area contributed by atoms with Crippen LogP contribution in [0, 0.1) is 0 Å². The van der Waals surface area contributed by atoms with Crippen LogP contribution in [-0.2, 0) is 0 Å². The molecule has 0 aliphatic rings. The van der Waals surface area contributed by atoms with Gasteiger partial charge >= 0.3 is 0 Å². The molecule has 144 valence electrons. The Balaban J connectivity index is 1.82. The van der Waals surface area contributed by atoms with Crippen LogP contribution in [0.25, 0.3) is 60.6 Å². The van der Waals surface area contributed by atoms with Gasteiger partial charge in [-0.3, -0.25) is 0 Å². The zero-order valence-electron chi connectivity index (χ0n) is 16.8. The van der Waals surface area contributed by atoms with Gasteiger partial charge in [0, 0.05) is 32.7 Å². The molecule has 2 heteroatoms. The third-order valence-electron chi connectivity index (χ3n) is 6.32. The fourth-order valence-corrected chi connectivity index (χ4v) is 5.05. The zero-order valence-corrected chi connectivity index (χ0v) is 16.8. The molecule has 0 spiro atoms. The highest BCUT2D eigenvalue weighted by Crippen LogP contribution is 2.45. The lowest BCUT2D eigenvalue weighted by atomic mass is 9.98. The summed E-state index contributed by atoms with van der Waals surface area (Å²) in [7, 11) is 0. The van der Waals surface area contributed by atoms with Gasteiger partial charge in [0.2, 0.25) is 0 Å². The predicted molar refractivity (Wildman–Crippen MR) is 130 cm³/mol. The van der Waals surface area contributed by atoms with Crippen LogP contribution < -0.4 is 0 Å². The topological polar surface area (TPSA) is 17.3 Å². The van der Waals surface area contributed by atoms with Crippen molar-refractivity contribution in [3.63, 3.8) is 0 Å². The predicted octanol–water partition coefficient (Wildman–Crippen LogP) is 7.57. The van der Waals surface area contributed by atoms with Crippen LogP contribution >= 0.6 is 0 Å². The number of rotatable bonds is 2. The molecule has 0 aliphatic carbocycles. The number of hydrogen-bond acceptors (Lipinski definition) is 1. The minimum absolute atomic E-state index is 1.04. The molecular weight excluding hydrogens is 376 g/mol. The van der Waals surface area contributed by atoms with Crippen molar-refractivity contribution in [3.05, 3.63) is 109 Å². The van der Waals surface area contributed by atoms with Gasteiger partial charge in [0.15, 0.2) is 0 Å². The normalized spacial score (nSPS) is 11.9. The summed E-state index contributed by atoms with van der Waals surface area (Å²) < 4.78 is 2.43. The summed E-state index contributed by atoms with van der Waals surface area (Å²) in [5.41, 5.74) is 8.09. The molecule has 0 atom stereocenters. The molecule has 3 heterocycles. The number of fused-ring (bicyclic) bond motifs is 6. The van der Waals surface area contributed by atoms with Crippen LogP contribution in [0.4, 0.5) is 0 Å². The van der Waals surface area contributed by atoms with E-state index in [0.717, 1.165) is 22.5 Å². The van der Waals surface area contributed by atoms with E-state index in [1.807, 2.05) is 0 Å². The van der Waals surface area contributed by atoms with E-state index in [0.29, 0.717) is 0 Å². The molecule has 4 aromatic carbocycles. The van der Waals surface area contributed by atoms with Gasteiger partial charge in [-0.15, -0.1) is 0 Å². The Morgan fingerprint density at radius 3 is 1.35 bits per heavy atom. The Morgan fingerprint density at radius 2 is 0.871 bits per heavy atom. The molecule has 7 rings (SSSR count). The largest absolute Gasteiger partial charge is 0.308 e. The van der Waals surface area contributed by atoms with E-state index in [9.17, 15) is 0 Å². The lowest BCUT2D eigenvalue weighted by Gasteiger charge is -2.10. The highest BCUT2D eigenvalue weighted by Gasteiger charge is 2.24. The third-order valence-corrected chi connectivity index (χ3v) is 6.32. The van der Waals surface area contributed by atoms with Crippen molar-refractivity contribution in [1.82, 2.24) is 9.38 Å². The van der Waals surface area contributed by atoms with E-state index >= 15 is 0 Å². The molecule has 0 unspecified atom stereocenters. The van der Waals surface area contributed by atoms with E-state index in [1.165, 1.54) is 38.1 Å². The Kier molecular flexibility index (Phi) is 3.30. The van der Waals surface area contributed by atoms with Gasteiger partial charge in [-0.1, -0.05) is 97.1 Å². The van der Waals surface area contributed by atoms with E-state index in [4.69, 9.17) is 4.98 Å². The Bertz CT molecular complexity index is 1590. The summed E-state index contributed by atoms with van der Waals surface area (Å²) >= 11 is 0. The molecule has 31 heavy (non-hydrogen) atoms.